The van der Waals surface area contributed by atoms with Crippen molar-refractivity contribution >= 4 is 28.3 Å². The minimum absolute atomic E-state index is 0.716. The van der Waals surface area contributed by atoms with Gasteiger partial charge in [0.1, 0.15) is 0 Å². The fourth-order valence-electron chi connectivity index (χ4n) is 1.99. The van der Waals surface area contributed by atoms with Crippen LogP contribution < -0.4 is 5.32 Å². The van der Waals surface area contributed by atoms with E-state index < -0.39 is 0 Å². The van der Waals surface area contributed by atoms with Crippen molar-refractivity contribution in [3.05, 3.63) is 27.3 Å². The summed E-state index contributed by atoms with van der Waals surface area (Å²) in [5, 5.41) is 3.60. The highest BCUT2D eigenvalue weighted by Crippen LogP contribution is 2.24. The van der Waals surface area contributed by atoms with Gasteiger partial charge in [-0.3, -0.25) is 0 Å². The molecular weight excluding hydrogens is 285 g/mol. The first-order valence-corrected chi connectivity index (χ1v) is 6.36. The molecule has 1 aromatic carbocycles. The first-order chi connectivity index (χ1) is 6.75. The van der Waals surface area contributed by atoms with Gasteiger partial charge in [0, 0.05) is 15.3 Å². The molecule has 0 spiro atoms. The van der Waals surface area contributed by atoms with Crippen molar-refractivity contribution in [1.82, 2.24) is 0 Å². The Morgan fingerprint density at radius 1 is 1.29 bits per heavy atom. The van der Waals surface area contributed by atoms with Crippen LogP contribution in [-0.4, -0.2) is 6.04 Å². The lowest BCUT2D eigenvalue weighted by Crippen LogP contribution is -2.14. The van der Waals surface area contributed by atoms with Crippen molar-refractivity contribution in [2.24, 2.45) is 0 Å². The van der Waals surface area contributed by atoms with E-state index in [2.05, 4.69) is 53.0 Å². The highest BCUT2D eigenvalue weighted by atomic mass is 127. The maximum absolute atomic E-state index is 3.60. The van der Waals surface area contributed by atoms with Crippen LogP contribution in [0.25, 0.3) is 0 Å². The predicted octanol–water partition coefficient (Wildman–Crippen LogP) is 3.95. The highest BCUT2D eigenvalue weighted by molar-refractivity contribution is 14.1. The van der Waals surface area contributed by atoms with Gasteiger partial charge in [-0.2, -0.15) is 0 Å². The van der Waals surface area contributed by atoms with Crippen molar-refractivity contribution in [3.63, 3.8) is 0 Å². The zero-order valence-corrected chi connectivity index (χ0v) is 10.7. The van der Waals surface area contributed by atoms with Crippen LogP contribution in [0.2, 0.25) is 0 Å². The number of halogens is 1. The number of hydrogen-bond donors (Lipinski definition) is 1. The van der Waals surface area contributed by atoms with Gasteiger partial charge in [-0.25, -0.2) is 0 Å². The summed E-state index contributed by atoms with van der Waals surface area (Å²) in [6.45, 7) is 2.15. The SMILES string of the molecule is Cc1ccc(NC2CCCC2)cc1I. The van der Waals surface area contributed by atoms with Gasteiger partial charge in [-0.15, -0.1) is 0 Å². The summed E-state index contributed by atoms with van der Waals surface area (Å²) in [5.74, 6) is 0. The molecule has 1 aliphatic carbocycles. The zero-order valence-electron chi connectivity index (χ0n) is 8.52. The molecule has 0 radical (unpaired) electrons. The molecule has 1 nitrogen and oxygen atoms in total. The Hall–Kier alpha value is -0.250. The Morgan fingerprint density at radius 3 is 2.64 bits per heavy atom. The molecule has 14 heavy (non-hydrogen) atoms. The third-order valence-corrected chi connectivity index (χ3v) is 4.06. The summed E-state index contributed by atoms with van der Waals surface area (Å²) in [7, 11) is 0. The molecule has 0 aromatic heterocycles. The van der Waals surface area contributed by atoms with Crippen LogP contribution in [0.1, 0.15) is 31.2 Å². The third kappa shape index (κ3) is 2.41. The third-order valence-electron chi connectivity index (χ3n) is 2.90. The fourth-order valence-corrected chi connectivity index (χ4v) is 2.50. The molecule has 76 valence electrons. The summed E-state index contributed by atoms with van der Waals surface area (Å²) in [6, 6.07) is 7.34. The summed E-state index contributed by atoms with van der Waals surface area (Å²) in [6.07, 6.45) is 5.45. The summed E-state index contributed by atoms with van der Waals surface area (Å²) in [5.41, 5.74) is 2.65. The standard InChI is InChI=1S/C12H16IN/c1-9-6-7-11(8-12(9)13)14-10-4-2-3-5-10/h6-8,10,14H,2-5H2,1H3. The largest absolute Gasteiger partial charge is 0.382 e. The van der Waals surface area contributed by atoms with Gasteiger partial charge in [0.2, 0.25) is 0 Å². The minimum Gasteiger partial charge on any atom is -0.382 e. The van der Waals surface area contributed by atoms with Gasteiger partial charge in [0.15, 0.2) is 0 Å². The van der Waals surface area contributed by atoms with Gasteiger partial charge in [-0.05, 0) is 60.1 Å². The fraction of sp³-hybridized carbons (Fsp3) is 0.500. The van der Waals surface area contributed by atoms with Gasteiger partial charge >= 0.3 is 0 Å². The maximum atomic E-state index is 3.60. The van der Waals surface area contributed by atoms with E-state index in [1.807, 2.05) is 0 Å². The Bertz CT molecular complexity index is 316. The van der Waals surface area contributed by atoms with E-state index in [4.69, 9.17) is 0 Å². The van der Waals surface area contributed by atoms with E-state index in [0.29, 0.717) is 6.04 Å². The van der Waals surface area contributed by atoms with Crippen molar-refractivity contribution in [2.45, 2.75) is 38.6 Å². The second-order valence-corrected chi connectivity index (χ2v) is 5.25. The monoisotopic (exact) mass is 301 g/mol. The van der Waals surface area contributed by atoms with E-state index in [-0.39, 0.29) is 0 Å². The van der Waals surface area contributed by atoms with Crippen LogP contribution in [0.3, 0.4) is 0 Å². The first-order valence-electron chi connectivity index (χ1n) is 5.28. The number of aryl methyl sites for hydroxylation is 1. The first kappa shape index (κ1) is 10.3. The molecule has 1 N–H and O–H groups in total. The van der Waals surface area contributed by atoms with Crippen LogP contribution in [0.4, 0.5) is 5.69 Å². The quantitative estimate of drug-likeness (QED) is 0.816. The average molecular weight is 301 g/mol. The van der Waals surface area contributed by atoms with E-state index >= 15 is 0 Å². The van der Waals surface area contributed by atoms with Crippen molar-refractivity contribution in [1.29, 1.82) is 0 Å². The van der Waals surface area contributed by atoms with E-state index in [1.165, 1.54) is 40.5 Å². The molecule has 0 saturated heterocycles. The second kappa shape index (κ2) is 4.51. The molecule has 1 fully saturated rings. The molecule has 0 unspecified atom stereocenters. The minimum atomic E-state index is 0.716. The lowest BCUT2D eigenvalue weighted by atomic mass is 10.2. The molecular formula is C12H16IN. The second-order valence-electron chi connectivity index (χ2n) is 4.09. The smallest absolute Gasteiger partial charge is 0.0353 e. The normalized spacial score (nSPS) is 17.3. The van der Waals surface area contributed by atoms with Crippen molar-refractivity contribution < 1.29 is 0 Å². The van der Waals surface area contributed by atoms with Gasteiger partial charge < -0.3 is 5.32 Å². The van der Waals surface area contributed by atoms with Crippen LogP contribution in [0.15, 0.2) is 18.2 Å². The number of rotatable bonds is 2. The van der Waals surface area contributed by atoms with Gasteiger partial charge in [-0.1, -0.05) is 18.9 Å². The topological polar surface area (TPSA) is 12.0 Å². The van der Waals surface area contributed by atoms with Crippen LogP contribution in [0, 0.1) is 10.5 Å². The molecule has 1 aliphatic rings. The Labute approximate surface area is 99.4 Å². The Morgan fingerprint density at radius 2 is 2.00 bits per heavy atom. The molecule has 1 aromatic rings. The van der Waals surface area contributed by atoms with Crippen molar-refractivity contribution in [2.75, 3.05) is 5.32 Å². The molecule has 0 aliphatic heterocycles. The summed E-state index contributed by atoms with van der Waals surface area (Å²) >= 11 is 2.40. The predicted molar refractivity (Wildman–Crippen MR) is 69.8 cm³/mol. The molecule has 0 atom stereocenters. The Kier molecular flexibility index (Phi) is 3.31. The van der Waals surface area contributed by atoms with Crippen LogP contribution >= 0.6 is 22.6 Å². The van der Waals surface area contributed by atoms with E-state index in [0.717, 1.165) is 0 Å². The highest BCUT2D eigenvalue weighted by Gasteiger charge is 2.14. The van der Waals surface area contributed by atoms with Crippen LogP contribution in [-0.2, 0) is 0 Å². The Balaban J connectivity index is 2.05. The molecule has 0 amide bonds. The molecule has 2 rings (SSSR count). The van der Waals surface area contributed by atoms with Gasteiger partial charge in [0.05, 0.1) is 0 Å². The lowest BCUT2D eigenvalue weighted by Gasteiger charge is -2.14. The van der Waals surface area contributed by atoms with Crippen LogP contribution in [0.5, 0.6) is 0 Å². The van der Waals surface area contributed by atoms with E-state index in [1.54, 1.807) is 0 Å². The number of hydrogen-bond acceptors (Lipinski definition) is 1. The zero-order chi connectivity index (χ0) is 9.97. The number of nitrogens with one attached hydrogen (secondary N) is 1. The number of anilines is 1. The molecule has 0 bridgehead atoms. The molecule has 0 heterocycles. The van der Waals surface area contributed by atoms with Gasteiger partial charge in [0.25, 0.3) is 0 Å². The number of benzene rings is 1. The average Bonchev–Trinajstić information content (AvgIpc) is 2.64. The summed E-state index contributed by atoms with van der Waals surface area (Å²) < 4.78 is 1.35. The summed E-state index contributed by atoms with van der Waals surface area (Å²) in [4.78, 5) is 0. The van der Waals surface area contributed by atoms with E-state index in [9.17, 15) is 0 Å². The molecule has 1 saturated carbocycles. The van der Waals surface area contributed by atoms with Crippen molar-refractivity contribution in [3.8, 4) is 0 Å². The maximum Gasteiger partial charge on any atom is 0.0353 e. The lowest BCUT2D eigenvalue weighted by molar-refractivity contribution is 0.755. The molecule has 2 heteroatoms.